The number of fused-ring (bicyclic) bond motifs is 6. The van der Waals surface area contributed by atoms with Crippen molar-refractivity contribution >= 4 is 193 Å². The molecule has 0 aliphatic carbocycles. The summed E-state index contributed by atoms with van der Waals surface area (Å²) in [4.78, 5) is 34.1. The molecule has 0 spiro atoms. The third-order valence-electron chi connectivity index (χ3n) is 17.4. The molecule has 552 valence electrons. The number of carbonyl (C=O) groups is 2. The van der Waals surface area contributed by atoms with Gasteiger partial charge in [0.05, 0.1) is 31.2 Å². The minimum atomic E-state index is -3.77. The number of esters is 1. The van der Waals surface area contributed by atoms with Crippen molar-refractivity contribution in [3.8, 4) is 0 Å². The van der Waals surface area contributed by atoms with Crippen LogP contribution in [0, 0.1) is 20.8 Å². The number of carbonyl (C=O) groups excluding carboxylic acids is 2. The first-order valence-corrected chi connectivity index (χ1v) is 42.4. The number of Topliss-reactive ketones (excluding diaryl/α,β-unsaturated/α-hetero) is 1. The highest BCUT2D eigenvalue weighted by Gasteiger charge is 2.26. The van der Waals surface area contributed by atoms with Gasteiger partial charge in [-0.15, -0.1) is 0 Å². The van der Waals surface area contributed by atoms with Gasteiger partial charge in [0.15, 0.2) is 5.78 Å². The molecule has 3 N–H and O–H groups in total. The number of hydrogen-bond acceptors (Lipinski definition) is 9. The molecule has 15 rings (SSSR count). The zero-order chi connectivity index (χ0) is 77.3. The van der Waals surface area contributed by atoms with Gasteiger partial charge >= 0.3 is 5.97 Å². The van der Waals surface area contributed by atoms with E-state index in [0.29, 0.717) is 41.8 Å². The summed E-state index contributed by atoms with van der Waals surface area (Å²) in [7, 11) is -10.9. The van der Waals surface area contributed by atoms with Crippen LogP contribution in [0.15, 0.2) is 274 Å². The number of aromatic amines is 3. The SMILES string of the molecule is Brc1cccc2[nH]ccc12.CC(=O)c1cn(S(=O)(=O)c2ccc(C)cc2)c2cccc(Br)c12.CCc1c[nH]c2cccc(/C=C/C(=O)OC(C)(C)C)c12.CCc1c[nH]c2cccc(Br)c12.CCc1cn(S(=O)(=O)c2ccc(C)cc2)c2cccc(Br)c12.Cc1ccc(S(=O)(=O)n2ccc3c(Br)cccc32)cc1. The molecular weight excluding hydrogens is 1730 g/mol. The van der Waals surface area contributed by atoms with E-state index in [1.165, 1.54) is 73.9 Å². The molecule has 0 atom stereocenters. The van der Waals surface area contributed by atoms with Crippen LogP contribution in [0.25, 0.3) is 71.5 Å². The molecule has 0 aliphatic rings. The van der Waals surface area contributed by atoms with Crippen molar-refractivity contribution in [2.45, 2.75) is 109 Å². The highest BCUT2D eigenvalue weighted by atomic mass is 79.9. The number of aryl methyl sites for hydroxylation is 6. The maximum absolute atomic E-state index is 12.9. The number of benzene rings is 9. The number of H-pyrrole nitrogens is 3. The molecule has 0 saturated heterocycles. The third kappa shape index (κ3) is 18.6. The van der Waals surface area contributed by atoms with Crippen LogP contribution in [-0.2, 0) is 58.9 Å². The van der Waals surface area contributed by atoms with Gasteiger partial charge in [0.2, 0.25) is 0 Å². The van der Waals surface area contributed by atoms with Gasteiger partial charge in [0, 0.05) is 120 Å². The summed E-state index contributed by atoms with van der Waals surface area (Å²) in [5.41, 5.74) is 13.0. The fraction of sp³-hybridized carbons (Fsp3) is 0.167. The summed E-state index contributed by atoms with van der Waals surface area (Å²) in [6.45, 7) is 19.1. The lowest BCUT2D eigenvalue weighted by Crippen LogP contribution is -2.22. The Bertz CT molecular complexity index is 6130. The van der Waals surface area contributed by atoms with Crippen LogP contribution in [0.1, 0.15) is 97.8 Å². The number of ketones is 1. The highest BCUT2D eigenvalue weighted by molar-refractivity contribution is 9.11. The van der Waals surface area contributed by atoms with Crippen molar-refractivity contribution in [1.82, 2.24) is 26.9 Å². The smallest absolute Gasteiger partial charge is 0.331 e. The fourth-order valence-electron chi connectivity index (χ4n) is 12.0. The third-order valence-corrected chi connectivity index (χ3v) is 25.8. The lowest BCUT2D eigenvalue weighted by molar-refractivity contribution is -0.148. The van der Waals surface area contributed by atoms with Gasteiger partial charge in [-0.3, -0.25) is 4.79 Å². The first kappa shape index (κ1) is 80.9. The Morgan fingerprint density at radius 1 is 0.430 bits per heavy atom. The minimum Gasteiger partial charge on any atom is -0.457 e. The number of ether oxygens (including phenoxy) is 1. The lowest BCUT2D eigenvalue weighted by Gasteiger charge is -2.17. The van der Waals surface area contributed by atoms with E-state index in [1.807, 2.05) is 146 Å². The summed E-state index contributed by atoms with van der Waals surface area (Å²) in [6.07, 6.45) is 16.9. The van der Waals surface area contributed by atoms with E-state index in [4.69, 9.17) is 4.74 Å². The molecule has 107 heavy (non-hydrogen) atoms. The molecule has 6 aromatic heterocycles. The second-order valence-corrected chi connectivity index (χ2v) is 35.7. The van der Waals surface area contributed by atoms with Crippen molar-refractivity contribution in [3.63, 3.8) is 0 Å². The Morgan fingerprint density at radius 3 is 1.34 bits per heavy atom. The number of halogens is 5. The van der Waals surface area contributed by atoms with Crippen LogP contribution in [0.3, 0.4) is 0 Å². The van der Waals surface area contributed by atoms with Crippen LogP contribution in [-0.4, -0.2) is 69.5 Å². The average Bonchev–Trinajstić information content (AvgIpc) is 1.62. The summed E-state index contributed by atoms with van der Waals surface area (Å²) in [5, 5.41) is 6.18. The number of nitrogens with one attached hydrogen (secondary N) is 3. The molecule has 0 aliphatic heterocycles. The van der Waals surface area contributed by atoms with Crippen LogP contribution >= 0.6 is 79.6 Å². The molecule has 0 amide bonds. The van der Waals surface area contributed by atoms with Gasteiger partial charge < -0.3 is 19.7 Å². The fourth-order valence-corrected chi connectivity index (χ4v) is 18.8. The lowest BCUT2D eigenvalue weighted by atomic mass is 10.0. The monoisotopic (exact) mass is 1810 g/mol. The van der Waals surface area contributed by atoms with Crippen molar-refractivity contribution in [2.24, 2.45) is 0 Å². The predicted molar refractivity (Wildman–Crippen MR) is 454 cm³/mol. The molecule has 0 bridgehead atoms. The van der Waals surface area contributed by atoms with Gasteiger partial charge in [-0.2, -0.15) is 0 Å². The molecule has 23 heteroatoms. The average molecular weight is 1810 g/mol. The normalized spacial score (nSPS) is 11.7. The van der Waals surface area contributed by atoms with Crippen LogP contribution in [0.5, 0.6) is 0 Å². The molecule has 15 nitrogen and oxygen atoms in total. The van der Waals surface area contributed by atoms with Crippen molar-refractivity contribution in [3.05, 3.63) is 304 Å². The summed E-state index contributed by atoms with van der Waals surface area (Å²) in [5.74, 6) is -0.497. The summed E-state index contributed by atoms with van der Waals surface area (Å²) >= 11 is 17.4. The van der Waals surface area contributed by atoms with E-state index in [-0.39, 0.29) is 16.6 Å². The molecule has 0 radical (unpaired) electrons. The van der Waals surface area contributed by atoms with E-state index in [0.717, 1.165) is 76.8 Å². The van der Waals surface area contributed by atoms with Crippen LogP contribution < -0.4 is 0 Å². The zero-order valence-electron chi connectivity index (χ0n) is 60.3. The molecule has 0 unspecified atom stereocenters. The molecule has 0 fully saturated rings. The molecule has 15 aromatic rings. The number of nitrogens with zero attached hydrogens (tertiary/aromatic N) is 3. The van der Waals surface area contributed by atoms with Gasteiger partial charge in [-0.25, -0.2) is 42.0 Å². The van der Waals surface area contributed by atoms with Crippen molar-refractivity contribution in [1.29, 1.82) is 0 Å². The van der Waals surface area contributed by atoms with Gasteiger partial charge in [0.25, 0.3) is 30.1 Å². The Labute approximate surface area is 666 Å². The van der Waals surface area contributed by atoms with Crippen LogP contribution in [0.2, 0.25) is 0 Å². The molecule has 9 aromatic carbocycles. The standard InChI is InChI=1S/C17H14BrNO3S.C17H16BrNO2S.C17H21NO2.C15H12BrNO2S.C10H10BrN.C8H6BrN/c1-11-6-8-13(9-7-11)23(21,22)19-10-14(12(2)20)17-15(18)4-3-5-16(17)19;1-3-13-11-19(16-6-4-5-15(18)17(13)16)22(20,21)14-9-7-12(2)8-10-14;1-5-12-11-18-14-8-6-7-13(16(12)14)9-10-15(19)20-17(2,3)4;1-11-5-7-12(8-6-11)20(18,19)17-10-9-13-14(16)3-2-4-15(13)17;1-2-7-6-12-9-5-3-4-8(11)10(7)9;9-7-2-1-3-8-6(7)4-5-10-8/h3-10H,1-2H3;4-11H,3H2,1-2H3;6-11,18H,5H2,1-4H3;2-10H,1H3;3-6,12H,2H2,1H3;1-5,10H/b;;10-9+;;;. The highest BCUT2D eigenvalue weighted by Crippen LogP contribution is 2.36. The predicted octanol–water partition coefficient (Wildman–Crippen LogP) is 23.1. The molecule has 0 saturated carbocycles. The van der Waals surface area contributed by atoms with E-state index in [9.17, 15) is 34.8 Å². The van der Waals surface area contributed by atoms with E-state index < -0.39 is 35.7 Å². The number of rotatable bonds is 12. The van der Waals surface area contributed by atoms with Crippen LogP contribution in [0.4, 0.5) is 0 Å². The Kier molecular flexibility index (Phi) is 26.2. The van der Waals surface area contributed by atoms with Crippen molar-refractivity contribution in [2.75, 3.05) is 0 Å². The topological polar surface area (TPSA) is 208 Å². The first-order valence-electron chi connectivity index (χ1n) is 34.2. The van der Waals surface area contributed by atoms with Crippen molar-refractivity contribution < 1.29 is 39.6 Å². The maximum atomic E-state index is 12.9. The molecule has 6 heterocycles. The Balaban J connectivity index is 0.000000140. The second kappa shape index (κ2) is 34.7. The Hall–Kier alpha value is -8.65. The van der Waals surface area contributed by atoms with E-state index >= 15 is 0 Å². The van der Waals surface area contributed by atoms with E-state index in [2.05, 4.69) is 139 Å². The maximum Gasteiger partial charge on any atom is 0.331 e. The quantitative estimate of drug-likeness (QED) is 0.0603. The second-order valence-electron chi connectivity index (χ2n) is 26.0. The van der Waals surface area contributed by atoms with E-state index in [1.54, 1.807) is 103 Å². The minimum absolute atomic E-state index is 0.181. The molecular formula is C84H79Br5N6O9S3. The zero-order valence-corrected chi connectivity index (χ0v) is 70.7. The van der Waals surface area contributed by atoms with Gasteiger partial charge in [0.1, 0.15) is 5.60 Å². The van der Waals surface area contributed by atoms with Gasteiger partial charge in [-0.05, 0) is 211 Å². The first-order chi connectivity index (χ1) is 50.9. The number of hydrogen-bond donors (Lipinski definition) is 3. The summed E-state index contributed by atoms with van der Waals surface area (Å²) in [6, 6.07) is 59.0. The number of aromatic nitrogens is 6. The van der Waals surface area contributed by atoms with Gasteiger partial charge in [-0.1, -0.05) is 196 Å². The Morgan fingerprint density at radius 2 is 0.841 bits per heavy atom. The summed E-state index contributed by atoms with van der Waals surface area (Å²) < 4.78 is 91.1. The largest absolute Gasteiger partial charge is 0.457 e.